The van der Waals surface area contributed by atoms with Crippen LogP contribution in [0.15, 0.2) is 42.5 Å². The van der Waals surface area contributed by atoms with E-state index in [-0.39, 0.29) is 30.7 Å². The number of nitrogens with zero attached hydrogens (tertiary/aromatic N) is 2. The van der Waals surface area contributed by atoms with Crippen molar-refractivity contribution in [1.82, 2.24) is 9.96 Å². The van der Waals surface area contributed by atoms with Crippen molar-refractivity contribution in [2.24, 2.45) is 0 Å². The van der Waals surface area contributed by atoms with E-state index in [4.69, 9.17) is 14.3 Å². The second-order valence-corrected chi connectivity index (χ2v) is 8.24. The number of hydrogen-bond acceptors (Lipinski definition) is 5. The number of piperidine rings is 1. The van der Waals surface area contributed by atoms with Crippen molar-refractivity contribution < 1.29 is 23.5 Å². The van der Waals surface area contributed by atoms with Gasteiger partial charge in [0, 0.05) is 31.6 Å². The van der Waals surface area contributed by atoms with Crippen LogP contribution in [0.1, 0.15) is 36.8 Å². The molecule has 3 aliphatic rings. The summed E-state index contributed by atoms with van der Waals surface area (Å²) in [5.74, 6) is 1.28. The molecule has 3 heterocycles. The lowest BCUT2D eigenvalue weighted by molar-refractivity contribution is -0.223. The molecule has 2 fully saturated rings. The number of likely N-dealkylation sites (tertiary alicyclic amines) is 1. The number of rotatable bonds is 5. The summed E-state index contributed by atoms with van der Waals surface area (Å²) in [6, 6.07) is 12.6. The average Bonchev–Trinajstić information content (AvgIpc) is 3.34. The Morgan fingerprint density at radius 1 is 1.03 bits per heavy atom. The number of benzene rings is 2. The van der Waals surface area contributed by atoms with Gasteiger partial charge in [-0.1, -0.05) is 24.3 Å². The number of amides is 1. The van der Waals surface area contributed by atoms with E-state index in [1.807, 2.05) is 12.1 Å². The summed E-state index contributed by atoms with van der Waals surface area (Å²) in [5, 5.41) is 1.55. The van der Waals surface area contributed by atoms with Gasteiger partial charge in [-0.15, -0.1) is 0 Å². The topological polar surface area (TPSA) is 51.2 Å². The van der Waals surface area contributed by atoms with E-state index in [1.165, 1.54) is 11.6 Å². The molecule has 7 heteroatoms. The molecule has 0 bridgehead atoms. The van der Waals surface area contributed by atoms with Gasteiger partial charge in [-0.2, -0.15) is 0 Å². The maximum Gasteiger partial charge on any atom is 0.246 e. The summed E-state index contributed by atoms with van der Waals surface area (Å²) >= 11 is 0. The average molecular weight is 412 g/mol. The first-order valence-corrected chi connectivity index (χ1v) is 10.4. The number of ether oxygens (including phenoxy) is 2. The van der Waals surface area contributed by atoms with Gasteiger partial charge in [0.2, 0.25) is 12.7 Å². The van der Waals surface area contributed by atoms with Crippen LogP contribution in [0, 0.1) is 5.82 Å². The number of carbonyl (C=O) groups is 1. The molecule has 0 N–H and O–H groups in total. The summed E-state index contributed by atoms with van der Waals surface area (Å²) in [7, 11) is 0. The highest BCUT2D eigenvalue weighted by Crippen LogP contribution is 2.40. The lowest BCUT2D eigenvalue weighted by Crippen LogP contribution is -2.52. The first kappa shape index (κ1) is 19.3. The third-order valence-electron chi connectivity index (χ3n) is 6.40. The van der Waals surface area contributed by atoms with Crippen molar-refractivity contribution in [3.8, 4) is 11.5 Å². The van der Waals surface area contributed by atoms with Crippen LogP contribution in [0.5, 0.6) is 11.5 Å². The van der Waals surface area contributed by atoms with Crippen LogP contribution >= 0.6 is 0 Å². The van der Waals surface area contributed by atoms with Crippen LogP contribution in [0.3, 0.4) is 0 Å². The summed E-state index contributed by atoms with van der Waals surface area (Å²) in [4.78, 5) is 20.8. The predicted octanol–water partition coefficient (Wildman–Crippen LogP) is 3.64. The molecule has 1 amide bonds. The molecule has 0 radical (unpaired) electrons. The quantitative estimate of drug-likeness (QED) is 0.751. The van der Waals surface area contributed by atoms with Crippen LogP contribution in [0.4, 0.5) is 4.39 Å². The van der Waals surface area contributed by atoms with E-state index in [2.05, 4.69) is 11.0 Å². The Balaban J connectivity index is 1.21. The molecule has 0 unspecified atom stereocenters. The van der Waals surface area contributed by atoms with E-state index in [1.54, 1.807) is 23.3 Å². The SMILES string of the molecule is O=C1CCC2(CCN(Cc3ccc4c(c3)OCO4)CC2)N1OCc1ccccc1F. The van der Waals surface area contributed by atoms with Gasteiger partial charge in [0.05, 0.1) is 5.54 Å². The predicted molar refractivity (Wildman–Crippen MR) is 107 cm³/mol. The molecule has 1 spiro atoms. The smallest absolute Gasteiger partial charge is 0.246 e. The zero-order valence-electron chi connectivity index (χ0n) is 16.8. The second kappa shape index (κ2) is 7.89. The Hall–Kier alpha value is -2.64. The van der Waals surface area contributed by atoms with E-state index in [0.29, 0.717) is 12.0 Å². The van der Waals surface area contributed by atoms with Crippen molar-refractivity contribution >= 4 is 5.91 Å². The second-order valence-electron chi connectivity index (χ2n) is 8.24. The lowest BCUT2D eigenvalue weighted by atomic mass is 9.86. The van der Waals surface area contributed by atoms with E-state index in [0.717, 1.165) is 50.4 Å². The van der Waals surface area contributed by atoms with Gasteiger partial charge in [-0.3, -0.25) is 14.5 Å². The lowest BCUT2D eigenvalue weighted by Gasteiger charge is -2.43. The maximum atomic E-state index is 13.9. The number of hydrogen-bond donors (Lipinski definition) is 0. The first-order valence-electron chi connectivity index (χ1n) is 10.4. The molecule has 2 saturated heterocycles. The van der Waals surface area contributed by atoms with Gasteiger partial charge >= 0.3 is 0 Å². The molecule has 158 valence electrons. The first-order chi connectivity index (χ1) is 14.6. The van der Waals surface area contributed by atoms with Gasteiger partial charge in [0.15, 0.2) is 11.5 Å². The van der Waals surface area contributed by atoms with Crippen LogP contribution in [-0.2, 0) is 22.8 Å². The Morgan fingerprint density at radius 3 is 2.67 bits per heavy atom. The zero-order chi connectivity index (χ0) is 20.6. The van der Waals surface area contributed by atoms with E-state index >= 15 is 0 Å². The standard InChI is InChI=1S/C23H25FN2O4/c24-19-4-2-1-3-18(19)15-30-26-22(27)7-8-23(26)9-11-25(12-10-23)14-17-5-6-20-21(13-17)29-16-28-20/h1-6,13H,7-12,14-16H2. The molecule has 0 aliphatic carbocycles. The fraction of sp³-hybridized carbons (Fsp3) is 0.435. The van der Waals surface area contributed by atoms with Crippen molar-refractivity contribution in [1.29, 1.82) is 0 Å². The minimum atomic E-state index is -0.309. The minimum absolute atomic E-state index is 0.00411. The summed E-state index contributed by atoms with van der Waals surface area (Å²) in [5.41, 5.74) is 1.37. The molecule has 0 saturated carbocycles. The van der Waals surface area contributed by atoms with Crippen molar-refractivity contribution in [2.75, 3.05) is 19.9 Å². The van der Waals surface area contributed by atoms with Gasteiger partial charge in [-0.25, -0.2) is 9.45 Å². The number of halogens is 1. The van der Waals surface area contributed by atoms with Gasteiger partial charge in [-0.05, 0) is 43.0 Å². The Bertz CT molecular complexity index is 943. The van der Waals surface area contributed by atoms with Gasteiger partial charge in [0.25, 0.3) is 0 Å². The molecular weight excluding hydrogens is 387 g/mol. The highest BCUT2D eigenvalue weighted by atomic mass is 19.1. The summed E-state index contributed by atoms with van der Waals surface area (Å²) in [6.07, 6.45) is 2.97. The third-order valence-corrected chi connectivity index (χ3v) is 6.40. The fourth-order valence-corrected chi connectivity index (χ4v) is 4.64. The van der Waals surface area contributed by atoms with Crippen LogP contribution in [0.2, 0.25) is 0 Å². The zero-order valence-corrected chi connectivity index (χ0v) is 16.8. The molecule has 3 aliphatic heterocycles. The molecule has 2 aromatic carbocycles. The maximum absolute atomic E-state index is 13.9. The van der Waals surface area contributed by atoms with Crippen LogP contribution < -0.4 is 9.47 Å². The van der Waals surface area contributed by atoms with Gasteiger partial charge < -0.3 is 9.47 Å². The molecule has 5 rings (SSSR count). The Kier molecular flexibility index (Phi) is 5.08. The highest BCUT2D eigenvalue weighted by Gasteiger charge is 2.48. The highest BCUT2D eigenvalue weighted by molar-refractivity contribution is 5.78. The molecule has 30 heavy (non-hydrogen) atoms. The van der Waals surface area contributed by atoms with Crippen molar-refractivity contribution in [3.05, 3.63) is 59.4 Å². The Morgan fingerprint density at radius 2 is 1.83 bits per heavy atom. The third kappa shape index (κ3) is 3.63. The minimum Gasteiger partial charge on any atom is -0.454 e. The van der Waals surface area contributed by atoms with E-state index < -0.39 is 0 Å². The monoisotopic (exact) mass is 412 g/mol. The number of carbonyl (C=O) groups excluding carboxylic acids is 1. The van der Waals surface area contributed by atoms with E-state index in [9.17, 15) is 9.18 Å². The summed E-state index contributed by atoms with van der Waals surface area (Å²) in [6.45, 7) is 2.93. The molecule has 2 aromatic rings. The largest absolute Gasteiger partial charge is 0.454 e. The number of fused-ring (bicyclic) bond motifs is 1. The van der Waals surface area contributed by atoms with Crippen molar-refractivity contribution in [3.63, 3.8) is 0 Å². The molecule has 0 atom stereocenters. The van der Waals surface area contributed by atoms with Crippen LogP contribution in [0.25, 0.3) is 0 Å². The molecular formula is C23H25FN2O4. The fourth-order valence-electron chi connectivity index (χ4n) is 4.64. The number of hydroxylamine groups is 2. The molecule has 0 aromatic heterocycles. The molecule has 6 nitrogen and oxygen atoms in total. The normalized spacial score (nSPS) is 20.3. The Labute approximate surface area is 175 Å². The van der Waals surface area contributed by atoms with Crippen molar-refractivity contribution in [2.45, 2.75) is 44.4 Å². The van der Waals surface area contributed by atoms with Crippen LogP contribution in [-0.4, -0.2) is 41.3 Å². The van der Waals surface area contributed by atoms with Gasteiger partial charge in [0.1, 0.15) is 12.4 Å². The summed E-state index contributed by atoms with van der Waals surface area (Å²) < 4.78 is 24.8.